The summed E-state index contributed by atoms with van der Waals surface area (Å²) in [5.74, 6) is 0.651. The molecule has 0 aliphatic carbocycles. The number of rotatable bonds is 1. The molecule has 3 nitrogen and oxygen atoms in total. The van der Waals surface area contributed by atoms with Gasteiger partial charge in [0.25, 0.3) is 0 Å². The third kappa shape index (κ3) is 1.72. The van der Waals surface area contributed by atoms with E-state index in [9.17, 15) is 0 Å². The van der Waals surface area contributed by atoms with Crippen LogP contribution in [-0.2, 0) is 0 Å². The SMILES string of the molecule is Cc1noc(-c2ccccc2)c1N.Cl. The number of benzene rings is 1. The van der Waals surface area contributed by atoms with E-state index in [4.69, 9.17) is 10.3 Å². The first-order valence-electron chi connectivity index (χ1n) is 4.06. The number of aryl methyl sites for hydroxylation is 1. The second-order valence-corrected chi connectivity index (χ2v) is 2.88. The highest BCUT2D eigenvalue weighted by molar-refractivity contribution is 5.85. The molecule has 1 aromatic carbocycles. The van der Waals surface area contributed by atoms with Crippen LogP contribution in [0, 0.1) is 6.92 Å². The molecule has 0 fully saturated rings. The maximum absolute atomic E-state index is 5.78. The van der Waals surface area contributed by atoms with Gasteiger partial charge >= 0.3 is 0 Å². The van der Waals surface area contributed by atoms with Crippen molar-refractivity contribution in [3.63, 3.8) is 0 Å². The molecule has 1 heterocycles. The lowest BCUT2D eigenvalue weighted by atomic mass is 10.1. The lowest BCUT2D eigenvalue weighted by Gasteiger charge is -1.95. The fraction of sp³-hybridized carbons (Fsp3) is 0.100. The average Bonchev–Trinajstić information content (AvgIpc) is 2.49. The van der Waals surface area contributed by atoms with Crippen LogP contribution in [-0.4, -0.2) is 5.16 Å². The number of anilines is 1. The van der Waals surface area contributed by atoms with Gasteiger partial charge in [-0.25, -0.2) is 0 Å². The highest BCUT2D eigenvalue weighted by atomic mass is 35.5. The van der Waals surface area contributed by atoms with Gasteiger partial charge < -0.3 is 10.3 Å². The Hall–Kier alpha value is -1.48. The van der Waals surface area contributed by atoms with Crippen molar-refractivity contribution in [3.05, 3.63) is 36.0 Å². The molecule has 0 atom stereocenters. The van der Waals surface area contributed by atoms with Crippen LogP contribution in [0.25, 0.3) is 11.3 Å². The molecule has 0 bridgehead atoms. The molecule has 0 unspecified atom stereocenters. The van der Waals surface area contributed by atoms with E-state index in [1.807, 2.05) is 37.3 Å². The molecule has 2 N–H and O–H groups in total. The van der Waals surface area contributed by atoms with Crippen LogP contribution in [0.4, 0.5) is 5.69 Å². The normalized spacial score (nSPS) is 9.50. The summed E-state index contributed by atoms with van der Waals surface area (Å²) < 4.78 is 5.11. The minimum Gasteiger partial charge on any atom is -0.394 e. The van der Waals surface area contributed by atoms with Crippen LogP contribution in [0.5, 0.6) is 0 Å². The standard InChI is InChI=1S/C10H10N2O.ClH/c1-7-9(11)10(13-12-7)8-5-3-2-4-6-8;/h2-6H,11H2,1H3;1H. The highest BCUT2D eigenvalue weighted by Gasteiger charge is 2.10. The van der Waals surface area contributed by atoms with Crippen LogP contribution in [0.3, 0.4) is 0 Å². The Morgan fingerprint density at radius 1 is 1.21 bits per heavy atom. The summed E-state index contributed by atoms with van der Waals surface area (Å²) in [5.41, 5.74) is 8.09. The number of hydrogen-bond acceptors (Lipinski definition) is 3. The van der Waals surface area contributed by atoms with Crippen molar-refractivity contribution in [2.24, 2.45) is 0 Å². The Morgan fingerprint density at radius 2 is 1.86 bits per heavy atom. The predicted octanol–water partition coefficient (Wildman–Crippen LogP) is 2.65. The van der Waals surface area contributed by atoms with E-state index in [2.05, 4.69) is 5.16 Å². The van der Waals surface area contributed by atoms with Crippen molar-refractivity contribution in [1.29, 1.82) is 0 Å². The van der Waals surface area contributed by atoms with Gasteiger partial charge in [0.05, 0.1) is 0 Å². The second-order valence-electron chi connectivity index (χ2n) is 2.88. The molecular weight excluding hydrogens is 200 g/mol. The van der Waals surface area contributed by atoms with Gasteiger partial charge in [-0.3, -0.25) is 0 Å². The summed E-state index contributed by atoms with van der Waals surface area (Å²) in [5, 5.41) is 3.79. The van der Waals surface area contributed by atoms with Gasteiger partial charge in [-0.15, -0.1) is 12.4 Å². The molecule has 0 spiro atoms. The summed E-state index contributed by atoms with van der Waals surface area (Å²) >= 11 is 0. The minimum absolute atomic E-state index is 0. The maximum atomic E-state index is 5.78. The molecule has 1 aromatic heterocycles. The van der Waals surface area contributed by atoms with Crippen LogP contribution >= 0.6 is 12.4 Å². The Kier molecular flexibility index (Phi) is 3.14. The minimum atomic E-state index is 0. The number of aromatic nitrogens is 1. The zero-order valence-corrected chi connectivity index (χ0v) is 8.54. The van der Waals surface area contributed by atoms with Gasteiger partial charge in [-0.1, -0.05) is 35.5 Å². The molecule has 74 valence electrons. The molecule has 14 heavy (non-hydrogen) atoms. The fourth-order valence-corrected chi connectivity index (χ4v) is 1.17. The van der Waals surface area contributed by atoms with E-state index in [1.54, 1.807) is 0 Å². The van der Waals surface area contributed by atoms with E-state index in [-0.39, 0.29) is 12.4 Å². The fourth-order valence-electron chi connectivity index (χ4n) is 1.17. The lowest BCUT2D eigenvalue weighted by molar-refractivity contribution is 0.427. The van der Waals surface area contributed by atoms with Crippen molar-refractivity contribution in [3.8, 4) is 11.3 Å². The molecular formula is C10H11ClN2O. The number of nitrogens with zero attached hydrogens (tertiary/aromatic N) is 1. The monoisotopic (exact) mass is 210 g/mol. The second kappa shape index (κ2) is 4.15. The zero-order chi connectivity index (χ0) is 9.26. The Labute approximate surface area is 88.3 Å². The van der Waals surface area contributed by atoms with Crippen molar-refractivity contribution in [2.75, 3.05) is 5.73 Å². The Balaban J connectivity index is 0.000000980. The molecule has 0 saturated heterocycles. The Morgan fingerprint density at radius 3 is 2.36 bits per heavy atom. The van der Waals surface area contributed by atoms with Crippen LogP contribution < -0.4 is 5.73 Å². The molecule has 0 saturated carbocycles. The van der Waals surface area contributed by atoms with Crippen LogP contribution in [0.1, 0.15) is 5.69 Å². The van der Waals surface area contributed by atoms with E-state index in [1.165, 1.54) is 0 Å². The third-order valence-electron chi connectivity index (χ3n) is 1.94. The average molecular weight is 211 g/mol. The summed E-state index contributed by atoms with van der Waals surface area (Å²) in [6, 6.07) is 9.70. The molecule has 2 rings (SSSR count). The van der Waals surface area contributed by atoms with Crippen molar-refractivity contribution >= 4 is 18.1 Å². The predicted molar refractivity (Wildman–Crippen MR) is 58.3 cm³/mol. The first-order valence-corrected chi connectivity index (χ1v) is 4.06. The molecule has 4 heteroatoms. The van der Waals surface area contributed by atoms with E-state index >= 15 is 0 Å². The topological polar surface area (TPSA) is 52.0 Å². The van der Waals surface area contributed by atoms with Gasteiger partial charge in [0.1, 0.15) is 11.4 Å². The van der Waals surface area contributed by atoms with Crippen LogP contribution in [0.2, 0.25) is 0 Å². The number of nitrogens with two attached hydrogens (primary N) is 1. The maximum Gasteiger partial charge on any atom is 0.189 e. The van der Waals surface area contributed by atoms with Gasteiger partial charge in [0.15, 0.2) is 5.76 Å². The highest BCUT2D eigenvalue weighted by Crippen LogP contribution is 2.27. The van der Waals surface area contributed by atoms with E-state index in [0.29, 0.717) is 11.4 Å². The molecule has 0 aliphatic rings. The number of hydrogen-bond donors (Lipinski definition) is 1. The number of nitrogen functional groups attached to an aromatic ring is 1. The molecule has 0 amide bonds. The largest absolute Gasteiger partial charge is 0.394 e. The van der Waals surface area contributed by atoms with Crippen molar-refractivity contribution in [1.82, 2.24) is 5.16 Å². The molecule has 0 radical (unpaired) electrons. The smallest absolute Gasteiger partial charge is 0.189 e. The lowest BCUT2D eigenvalue weighted by Crippen LogP contribution is -1.87. The van der Waals surface area contributed by atoms with Gasteiger partial charge in [0.2, 0.25) is 0 Å². The summed E-state index contributed by atoms with van der Waals surface area (Å²) in [7, 11) is 0. The first kappa shape index (κ1) is 10.6. The Bertz CT molecular complexity index is 411. The van der Waals surface area contributed by atoms with E-state index < -0.39 is 0 Å². The van der Waals surface area contributed by atoms with Crippen molar-refractivity contribution < 1.29 is 4.52 Å². The van der Waals surface area contributed by atoms with Gasteiger partial charge in [-0.2, -0.15) is 0 Å². The zero-order valence-electron chi connectivity index (χ0n) is 7.73. The summed E-state index contributed by atoms with van der Waals surface area (Å²) in [6.45, 7) is 1.82. The van der Waals surface area contributed by atoms with Crippen molar-refractivity contribution in [2.45, 2.75) is 6.92 Å². The summed E-state index contributed by atoms with van der Waals surface area (Å²) in [6.07, 6.45) is 0. The van der Waals surface area contributed by atoms with Gasteiger partial charge in [0, 0.05) is 5.56 Å². The quantitative estimate of drug-likeness (QED) is 0.787. The van der Waals surface area contributed by atoms with Crippen LogP contribution in [0.15, 0.2) is 34.9 Å². The first-order chi connectivity index (χ1) is 6.29. The molecule has 2 aromatic rings. The molecule has 0 aliphatic heterocycles. The number of halogens is 1. The summed E-state index contributed by atoms with van der Waals surface area (Å²) in [4.78, 5) is 0. The van der Waals surface area contributed by atoms with E-state index in [0.717, 1.165) is 11.3 Å². The third-order valence-corrected chi connectivity index (χ3v) is 1.94. The van der Waals surface area contributed by atoms with Gasteiger partial charge in [-0.05, 0) is 6.92 Å².